The second-order valence-corrected chi connectivity index (χ2v) is 6.90. The van der Waals surface area contributed by atoms with Gasteiger partial charge in [0, 0.05) is 26.2 Å². The molecule has 1 saturated heterocycles. The van der Waals surface area contributed by atoms with Crippen LogP contribution in [0.15, 0.2) is 30.3 Å². The Morgan fingerprint density at radius 1 is 1.15 bits per heavy atom. The number of amides is 1. The lowest BCUT2D eigenvalue weighted by atomic mass is 10.0. The predicted molar refractivity (Wildman–Crippen MR) is 76.4 cm³/mol. The Labute approximate surface area is 119 Å². The van der Waals surface area contributed by atoms with Gasteiger partial charge in [-0.1, -0.05) is 30.3 Å². The molecule has 1 heterocycles. The first-order chi connectivity index (χ1) is 9.39. The van der Waals surface area contributed by atoms with Crippen LogP contribution in [-0.2, 0) is 14.8 Å². The van der Waals surface area contributed by atoms with Crippen molar-refractivity contribution in [3.8, 4) is 0 Å². The molecule has 7 heteroatoms. The molecule has 0 bridgehead atoms. The first-order valence-corrected chi connectivity index (χ1v) is 8.28. The van der Waals surface area contributed by atoms with Crippen LogP contribution in [0.5, 0.6) is 0 Å². The molecule has 1 aliphatic heterocycles. The highest BCUT2D eigenvalue weighted by atomic mass is 32.2. The van der Waals surface area contributed by atoms with E-state index in [4.69, 9.17) is 5.73 Å². The lowest BCUT2D eigenvalue weighted by molar-refractivity contribution is -0.124. The number of primary amides is 1. The molecule has 20 heavy (non-hydrogen) atoms. The van der Waals surface area contributed by atoms with Gasteiger partial charge in [0.2, 0.25) is 15.9 Å². The van der Waals surface area contributed by atoms with E-state index < -0.39 is 22.0 Å². The van der Waals surface area contributed by atoms with Crippen LogP contribution in [0.3, 0.4) is 0 Å². The van der Waals surface area contributed by atoms with Crippen molar-refractivity contribution in [2.75, 3.05) is 32.4 Å². The van der Waals surface area contributed by atoms with Crippen molar-refractivity contribution < 1.29 is 13.2 Å². The zero-order valence-corrected chi connectivity index (χ0v) is 12.2. The first kappa shape index (κ1) is 15.0. The molecule has 2 rings (SSSR count). The normalized spacial score (nSPS) is 19.6. The molecule has 1 atom stereocenters. The third kappa shape index (κ3) is 3.36. The van der Waals surface area contributed by atoms with Crippen molar-refractivity contribution in [3.63, 3.8) is 0 Å². The molecule has 1 amide bonds. The molecule has 6 nitrogen and oxygen atoms in total. The van der Waals surface area contributed by atoms with E-state index in [0.29, 0.717) is 26.2 Å². The molecule has 1 aromatic rings. The molecule has 1 aliphatic rings. The van der Waals surface area contributed by atoms with Gasteiger partial charge in [-0.15, -0.1) is 0 Å². The van der Waals surface area contributed by atoms with Gasteiger partial charge in [0.15, 0.2) is 0 Å². The number of nitrogens with two attached hydrogens (primary N) is 1. The second kappa shape index (κ2) is 5.90. The molecule has 0 radical (unpaired) electrons. The number of carbonyl (C=O) groups excluding carboxylic acids is 1. The molecule has 0 saturated carbocycles. The molecule has 2 N–H and O–H groups in total. The number of sulfonamides is 1. The third-order valence-corrected chi connectivity index (χ3v) is 4.80. The van der Waals surface area contributed by atoms with Gasteiger partial charge in [-0.2, -0.15) is 4.31 Å². The quantitative estimate of drug-likeness (QED) is 0.833. The fourth-order valence-corrected chi connectivity index (χ4v) is 3.31. The van der Waals surface area contributed by atoms with Crippen molar-refractivity contribution in [1.29, 1.82) is 0 Å². The van der Waals surface area contributed by atoms with Crippen molar-refractivity contribution >= 4 is 15.9 Å². The molecule has 1 aromatic carbocycles. The molecule has 110 valence electrons. The van der Waals surface area contributed by atoms with Gasteiger partial charge < -0.3 is 5.73 Å². The average Bonchev–Trinajstić information content (AvgIpc) is 2.39. The minimum Gasteiger partial charge on any atom is -0.368 e. The van der Waals surface area contributed by atoms with Crippen LogP contribution in [0.25, 0.3) is 0 Å². The van der Waals surface area contributed by atoms with E-state index in [9.17, 15) is 13.2 Å². The number of rotatable bonds is 4. The van der Waals surface area contributed by atoms with Crippen LogP contribution < -0.4 is 5.73 Å². The van der Waals surface area contributed by atoms with E-state index in [2.05, 4.69) is 0 Å². The summed E-state index contributed by atoms with van der Waals surface area (Å²) in [7, 11) is -3.17. The van der Waals surface area contributed by atoms with E-state index in [1.807, 2.05) is 35.2 Å². The maximum absolute atomic E-state index is 11.7. The number of carbonyl (C=O) groups is 1. The van der Waals surface area contributed by atoms with Crippen molar-refractivity contribution in [1.82, 2.24) is 9.21 Å². The van der Waals surface area contributed by atoms with E-state index >= 15 is 0 Å². The first-order valence-electron chi connectivity index (χ1n) is 6.43. The minimum atomic E-state index is -3.17. The monoisotopic (exact) mass is 297 g/mol. The van der Waals surface area contributed by atoms with Crippen LogP contribution in [0, 0.1) is 0 Å². The fraction of sp³-hybridized carbons (Fsp3) is 0.462. The molecule has 0 aromatic heterocycles. The number of nitrogens with zero attached hydrogens (tertiary/aromatic N) is 2. The summed E-state index contributed by atoms with van der Waals surface area (Å²) < 4.78 is 24.4. The third-order valence-electron chi connectivity index (χ3n) is 3.49. The summed E-state index contributed by atoms with van der Waals surface area (Å²) in [4.78, 5) is 13.7. The van der Waals surface area contributed by atoms with E-state index in [0.717, 1.165) is 5.56 Å². The number of benzene rings is 1. The lowest BCUT2D eigenvalue weighted by Crippen LogP contribution is -2.51. The highest BCUT2D eigenvalue weighted by Gasteiger charge is 2.31. The molecule has 0 spiro atoms. The van der Waals surface area contributed by atoms with Gasteiger partial charge in [-0.25, -0.2) is 8.42 Å². The van der Waals surface area contributed by atoms with Gasteiger partial charge in [0.25, 0.3) is 0 Å². The van der Waals surface area contributed by atoms with Gasteiger partial charge >= 0.3 is 0 Å². The Kier molecular flexibility index (Phi) is 4.42. The summed E-state index contributed by atoms with van der Waals surface area (Å²) >= 11 is 0. The van der Waals surface area contributed by atoms with Crippen LogP contribution in [-0.4, -0.2) is 56.0 Å². The van der Waals surface area contributed by atoms with Gasteiger partial charge in [-0.05, 0) is 5.56 Å². The summed E-state index contributed by atoms with van der Waals surface area (Å²) in [6, 6.07) is 8.81. The predicted octanol–water partition coefficient (Wildman–Crippen LogP) is -0.210. The average molecular weight is 297 g/mol. The summed E-state index contributed by atoms with van der Waals surface area (Å²) in [6.45, 7) is 1.76. The Hall–Kier alpha value is -1.44. The Balaban J connectivity index is 2.12. The summed E-state index contributed by atoms with van der Waals surface area (Å²) in [5, 5.41) is 0. The number of piperazine rings is 1. The summed E-state index contributed by atoms with van der Waals surface area (Å²) in [5.74, 6) is -0.413. The SMILES string of the molecule is CS(=O)(=O)N1CCN([C@@H](C(N)=O)c2ccccc2)CC1. The Bertz CT molecular complexity index is 566. The zero-order chi connectivity index (χ0) is 14.8. The molecule has 0 aliphatic carbocycles. The molecule has 1 fully saturated rings. The smallest absolute Gasteiger partial charge is 0.239 e. The lowest BCUT2D eigenvalue weighted by Gasteiger charge is -2.37. The van der Waals surface area contributed by atoms with Crippen LogP contribution >= 0.6 is 0 Å². The van der Waals surface area contributed by atoms with Gasteiger partial charge in [0.1, 0.15) is 6.04 Å². The van der Waals surface area contributed by atoms with Gasteiger partial charge in [-0.3, -0.25) is 9.69 Å². The maximum Gasteiger partial charge on any atom is 0.239 e. The highest BCUT2D eigenvalue weighted by Crippen LogP contribution is 2.22. The number of hydrogen-bond acceptors (Lipinski definition) is 4. The maximum atomic E-state index is 11.7. The van der Waals surface area contributed by atoms with Crippen molar-refractivity contribution in [2.45, 2.75) is 6.04 Å². The Morgan fingerprint density at radius 2 is 1.70 bits per heavy atom. The van der Waals surface area contributed by atoms with Crippen molar-refractivity contribution in [3.05, 3.63) is 35.9 Å². The summed E-state index contributed by atoms with van der Waals surface area (Å²) in [5.41, 5.74) is 6.35. The molecule has 0 unspecified atom stereocenters. The summed E-state index contributed by atoms with van der Waals surface area (Å²) in [6.07, 6.45) is 1.20. The van der Waals surface area contributed by atoms with E-state index in [1.54, 1.807) is 0 Å². The highest BCUT2D eigenvalue weighted by molar-refractivity contribution is 7.88. The molecular formula is C13H19N3O3S. The second-order valence-electron chi connectivity index (χ2n) is 4.91. The van der Waals surface area contributed by atoms with Crippen molar-refractivity contribution in [2.24, 2.45) is 5.73 Å². The van der Waals surface area contributed by atoms with Crippen LogP contribution in [0.4, 0.5) is 0 Å². The van der Waals surface area contributed by atoms with Crippen LogP contribution in [0.1, 0.15) is 11.6 Å². The van der Waals surface area contributed by atoms with Crippen LogP contribution in [0.2, 0.25) is 0 Å². The number of hydrogen-bond donors (Lipinski definition) is 1. The largest absolute Gasteiger partial charge is 0.368 e. The van der Waals surface area contributed by atoms with E-state index in [1.165, 1.54) is 10.6 Å². The standard InChI is InChI=1S/C13H19N3O3S/c1-20(18,19)16-9-7-15(8-10-16)12(13(14)17)11-5-3-2-4-6-11/h2-6,12H,7-10H2,1H3,(H2,14,17)/t12-/m1/s1. The topological polar surface area (TPSA) is 83.7 Å². The fourth-order valence-electron chi connectivity index (χ4n) is 2.48. The Morgan fingerprint density at radius 3 is 2.15 bits per heavy atom. The zero-order valence-electron chi connectivity index (χ0n) is 11.4. The minimum absolute atomic E-state index is 0.384. The van der Waals surface area contributed by atoms with E-state index in [-0.39, 0.29) is 0 Å². The van der Waals surface area contributed by atoms with Gasteiger partial charge in [0.05, 0.1) is 6.26 Å². The molecular weight excluding hydrogens is 278 g/mol.